The fraction of sp³-hybridized carbons (Fsp3) is 0.0769. The number of aliphatic hydroxyl groups excluding tert-OH is 1. The minimum Gasteiger partial charge on any atom is -0.489 e. The van der Waals surface area contributed by atoms with Crippen LogP contribution in [0.5, 0.6) is 5.75 Å². The molecule has 0 radical (unpaired) electrons. The molecule has 0 amide bonds. The molecule has 2 aromatic carbocycles. The number of aromatic nitrogens is 3. The Bertz CT molecular complexity index is 1320. The average Bonchev–Trinajstić information content (AvgIpc) is 3.28. The zero-order valence-electron chi connectivity index (χ0n) is 17.3. The van der Waals surface area contributed by atoms with E-state index in [4.69, 9.17) is 4.74 Å². The van der Waals surface area contributed by atoms with Gasteiger partial charge in [0, 0.05) is 46.9 Å². The smallest absolute Gasteiger partial charge is 0.137 e. The lowest BCUT2D eigenvalue weighted by atomic mass is 10.0. The number of fused-ring (bicyclic) bond motifs is 1. The molecule has 32 heavy (non-hydrogen) atoms. The van der Waals surface area contributed by atoms with E-state index in [0.717, 1.165) is 33.6 Å². The van der Waals surface area contributed by atoms with Crippen LogP contribution >= 0.6 is 0 Å². The van der Waals surface area contributed by atoms with Gasteiger partial charge in [0.25, 0.3) is 0 Å². The highest BCUT2D eigenvalue weighted by molar-refractivity contribution is 5.80. The van der Waals surface area contributed by atoms with Crippen molar-refractivity contribution in [3.8, 4) is 5.75 Å². The maximum atomic E-state index is 10.8. The minimum absolute atomic E-state index is 0.512. The van der Waals surface area contributed by atoms with Gasteiger partial charge in [0.1, 0.15) is 29.9 Å². The van der Waals surface area contributed by atoms with E-state index in [1.165, 1.54) is 0 Å². The van der Waals surface area contributed by atoms with Crippen LogP contribution < -0.4 is 10.1 Å². The Labute approximate surface area is 185 Å². The molecule has 5 rings (SSSR count). The first kappa shape index (κ1) is 19.8. The van der Waals surface area contributed by atoms with Crippen LogP contribution in [0.1, 0.15) is 22.8 Å². The SMILES string of the molecule is OC(c1ccc(Nc2cccc(OCc3ccccc3)c2)nc1)c1c[nH]c2ncccc12. The van der Waals surface area contributed by atoms with Gasteiger partial charge in [0.15, 0.2) is 0 Å². The lowest BCUT2D eigenvalue weighted by Crippen LogP contribution is -2.01. The van der Waals surface area contributed by atoms with Gasteiger partial charge < -0.3 is 20.1 Å². The van der Waals surface area contributed by atoms with E-state index in [2.05, 4.69) is 20.3 Å². The number of aromatic amines is 1. The Balaban J connectivity index is 1.26. The molecule has 0 aliphatic heterocycles. The molecule has 5 aromatic rings. The van der Waals surface area contributed by atoms with Crippen molar-refractivity contribution < 1.29 is 9.84 Å². The minimum atomic E-state index is -0.788. The van der Waals surface area contributed by atoms with Crippen LogP contribution in [0.2, 0.25) is 0 Å². The Morgan fingerprint density at radius 1 is 0.938 bits per heavy atom. The second kappa shape index (κ2) is 8.91. The molecule has 0 bridgehead atoms. The third-order valence-corrected chi connectivity index (χ3v) is 5.23. The van der Waals surface area contributed by atoms with Crippen molar-refractivity contribution in [3.05, 3.63) is 114 Å². The molecule has 1 atom stereocenters. The summed E-state index contributed by atoms with van der Waals surface area (Å²) in [7, 11) is 0. The quantitative estimate of drug-likeness (QED) is 0.329. The Hall–Kier alpha value is -4.16. The maximum Gasteiger partial charge on any atom is 0.137 e. The predicted octanol–water partition coefficient (Wildman–Crippen LogP) is 5.36. The summed E-state index contributed by atoms with van der Waals surface area (Å²) in [5.41, 5.74) is 4.23. The molecule has 0 saturated heterocycles. The molecule has 0 aliphatic rings. The average molecular weight is 422 g/mol. The van der Waals surface area contributed by atoms with Crippen LogP contribution in [0.3, 0.4) is 0 Å². The van der Waals surface area contributed by atoms with E-state index in [1.807, 2.05) is 78.9 Å². The molecule has 0 saturated carbocycles. The van der Waals surface area contributed by atoms with Crippen LogP contribution in [-0.2, 0) is 6.61 Å². The number of pyridine rings is 2. The van der Waals surface area contributed by atoms with Gasteiger partial charge in [-0.25, -0.2) is 9.97 Å². The Morgan fingerprint density at radius 2 is 1.84 bits per heavy atom. The number of benzene rings is 2. The Kier molecular flexibility index (Phi) is 5.51. The summed E-state index contributed by atoms with van der Waals surface area (Å²) < 4.78 is 5.90. The number of anilines is 2. The van der Waals surface area contributed by atoms with Crippen LogP contribution in [0.15, 0.2) is 97.5 Å². The predicted molar refractivity (Wildman–Crippen MR) is 125 cm³/mol. The van der Waals surface area contributed by atoms with Gasteiger partial charge in [-0.2, -0.15) is 0 Å². The maximum absolute atomic E-state index is 10.8. The molecule has 3 aromatic heterocycles. The number of nitrogens with zero attached hydrogens (tertiary/aromatic N) is 2. The third kappa shape index (κ3) is 4.31. The number of ether oxygens (including phenoxy) is 1. The van der Waals surface area contributed by atoms with Gasteiger partial charge in [0.2, 0.25) is 0 Å². The van der Waals surface area contributed by atoms with E-state index >= 15 is 0 Å². The summed E-state index contributed by atoms with van der Waals surface area (Å²) in [5.74, 6) is 1.46. The van der Waals surface area contributed by atoms with Crippen LogP contribution in [0, 0.1) is 0 Å². The van der Waals surface area contributed by atoms with E-state index in [0.29, 0.717) is 18.0 Å². The van der Waals surface area contributed by atoms with Gasteiger partial charge >= 0.3 is 0 Å². The van der Waals surface area contributed by atoms with Gasteiger partial charge in [-0.3, -0.25) is 0 Å². The van der Waals surface area contributed by atoms with Gasteiger partial charge in [-0.15, -0.1) is 0 Å². The molecule has 0 spiro atoms. The first-order chi connectivity index (χ1) is 15.8. The van der Waals surface area contributed by atoms with Crippen molar-refractivity contribution in [1.82, 2.24) is 15.0 Å². The molecule has 3 N–H and O–H groups in total. The number of hydrogen-bond donors (Lipinski definition) is 3. The van der Waals surface area contributed by atoms with Crippen molar-refractivity contribution in [3.63, 3.8) is 0 Å². The van der Waals surface area contributed by atoms with Crippen molar-refractivity contribution >= 4 is 22.5 Å². The molecular formula is C26H22N4O2. The van der Waals surface area contributed by atoms with E-state index in [-0.39, 0.29) is 0 Å². The molecule has 6 nitrogen and oxygen atoms in total. The van der Waals surface area contributed by atoms with Crippen molar-refractivity contribution in [2.45, 2.75) is 12.7 Å². The molecule has 0 aliphatic carbocycles. The summed E-state index contributed by atoms with van der Waals surface area (Å²) in [6.45, 7) is 0.512. The van der Waals surface area contributed by atoms with Crippen molar-refractivity contribution in [2.24, 2.45) is 0 Å². The van der Waals surface area contributed by atoms with E-state index in [1.54, 1.807) is 18.6 Å². The highest BCUT2D eigenvalue weighted by Crippen LogP contribution is 2.28. The fourth-order valence-electron chi connectivity index (χ4n) is 3.58. The first-order valence-electron chi connectivity index (χ1n) is 10.4. The zero-order chi connectivity index (χ0) is 21.8. The number of rotatable bonds is 7. The van der Waals surface area contributed by atoms with Crippen molar-refractivity contribution in [1.29, 1.82) is 0 Å². The normalized spacial score (nSPS) is 11.9. The van der Waals surface area contributed by atoms with Gasteiger partial charge in [-0.1, -0.05) is 42.5 Å². The number of hydrogen-bond acceptors (Lipinski definition) is 5. The Morgan fingerprint density at radius 3 is 2.69 bits per heavy atom. The van der Waals surface area contributed by atoms with Gasteiger partial charge in [0.05, 0.1) is 0 Å². The summed E-state index contributed by atoms with van der Waals surface area (Å²) >= 11 is 0. The summed E-state index contributed by atoms with van der Waals surface area (Å²) in [6, 6.07) is 25.3. The zero-order valence-corrected chi connectivity index (χ0v) is 17.3. The summed E-state index contributed by atoms with van der Waals surface area (Å²) in [5, 5.41) is 15.0. The second-order valence-corrected chi connectivity index (χ2v) is 7.45. The molecule has 1 unspecified atom stereocenters. The highest BCUT2D eigenvalue weighted by Gasteiger charge is 2.16. The van der Waals surface area contributed by atoms with E-state index in [9.17, 15) is 5.11 Å². The summed E-state index contributed by atoms with van der Waals surface area (Å²) in [4.78, 5) is 11.8. The molecule has 6 heteroatoms. The third-order valence-electron chi connectivity index (χ3n) is 5.23. The fourth-order valence-corrected chi connectivity index (χ4v) is 3.58. The molecule has 3 heterocycles. The number of nitrogens with one attached hydrogen (secondary N) is 2. The molecule has 0 fully saturated rings. The molecule has 158 valence electrons. The van der Waals surface area contributed by atoms with E-state index < -0.39 is 6.10 Å². The van der Waals surface area contributed by atoms with Gasteiger partial charge in [-0.05, 0) is 35.9 Å². The highest BCUT2D eigenvalue weighted by atomic mass is 16.5. The lowest BCUT2D eigenvalue weighted by molar-refractivity contribution is 0.221. The first-order valence-corrected chi connectivity index (χ1v) is 10.4. The standard InChI is InChI=1S/C26H22N4O2/c31-25(23-16-29-26-22(23)10-5-13-27-26)19-11-12-24(28-15-19)30-20-8-4-9-21(14-20)32-17-18-6-2-1-3-7-18/h1-16,25,31H,17H2,(H,27,29)(H,28,30). The van der Waals surface area contributed by atoms with Crippen LogP contribution in [0.4, 0.5) is 11.5 Å². The van der Waals surface area contributed by atoms with Crippen LogP contribution in [0.25, 0.3) is 11.0 Å². The topological polar surface area (TPSA) is 83.1 Å². The largest absolute Gasteiger partial charge is 0.489 e. The monoisotopic (exact) mass is 422 g/mol. The summed E-state index contributed by atoms with van der Waals surface area (Å²) in [6.07, 6.45) is 4.40. The lowest BCUT2D eigenvalue weighted by Gasteiger charge is -2.12. The molecular weight excluding hydrogens is 400 g/mol. The number of aliphatic hydroxyl groups is 1. The van der Waals surface area contributed by atoms with Crippen molar-refractivity contribution in [2.75, 3.05) is 5.32 Å². The number of H-pyrrole nitrogens is 1. The van der Waals surface area contributed by atoms with Crippen LogP contribution in [-0.4, -0.2) is 20.1 Å². The second-order valence-electron chi connectivity index (χ2n) is 7.45.